The molecule has 1 aliphatic heterocycles. The lowest BCUT2D eigenvalue weighted by atomic mass is 9.84. The van der Waals surface area contributed by atoms with Crippen molar-refractivity contribution in [3.8, 4) is 0 Å². The van der Waals surface area contributed by atoms with Gasteiger partial charge in [-0.25, -0.2) is 0 Å². The second-order valence-corrected chi connectivity index (χ2v) is 6.99. The molecular formula is C19H30ClF3N2. The maximum absolute atomic E-state index is 12.9. The molecule has 0 unspecified atom stereocenters. The van der Waals surface area contributed by atoms with E-state index < -0.39 is 12.6 Å². The summed E-state index contributed by atoms with van der Waals surface area (Å²) in [6, 6.07) is -0.160. The van der Waals surface area contributed by atoms with Crippen molar-refractivity contribution in [2.75, 3.05) is 26.2 Å². The second kappa shape index (κ2) is 8.74. The highest BCUT2D eigenvalue weighted by atomic mass is 35.5. The molecule has 25 heavy (non-hydrogen) atoms. The van der Waals surface area contributed by atoms with Gasteiger partial charge in [-0.1, -0.05) is 0 Å². The summed E-state index contributed by atoms with van der Waals surface area (Å²) >= 11 is 0. The monoisotopic (exact) mass is 378 g/mol. The number of alkyl halides is 3. The number of benzene rings is 1. The zero-order chi connectivity index (χ0) is 18.1. The molecule has 144 valence electrons. The van der Waals surface area contributed by atoms with E-state index in [1.54, 1.807) is 0 Å². The normalized spacial score (nSPS) is 17.3. The van der Waals surface area contributed by atoms with Gasteiger partial charge >= 0.3 is 6.18 Å². The van der Waals surface area contributed by atoms with Crippen LogP contribution in [0.15, 0.2) is 0 Å². The molecule has 1 saturated heterocycles. The molecule has 1 fully saturated rings. The Morgan fingerprint density at radius 1 is 0.880 bits per heavy atom. The van der Waals surface area contributed by atoms with Crippen LogP contribution < -0.4 is 5.32 Å². The van der Waals surface area contributed by atoms with Crippen molar-refractivity contribution in [2.24, 2.45) is 0 Å². The first-order valence-electron chi connectivity index (χ1n) is 8.72. The van der Waals surface area contributed by atoms with Gasteiger partial charge < -0.3 is 5.32 Å². The van der Waals surface area contributed by atoms with E-state index in [0.29, 0.717) is 0 Å². The van der Waals surface area contributed by atoms with Crippen molar-refractivity contribution in [1.82, 2.24) is 10.2 Å². The number of halogens is 4. The Morgan fingerprint density at radius 3 is 1.76 bits per heavy atom. The molecule has 0 saturated carbocycles. The van der Waals surface area contributed by atoms with Crippen molar-refractivity contribution < 1.29 is 13.2 Å². The third-order valence-electron chi connectivity index (χ3n) is 5.68. The summed E-state index contributed by atoms with van der Waals surface area (Å²) in [5.41, 5.74) is 7.09. The van der Waals surface area contributed by atoms with Gasteiger partial charge in [0.1, 0.15) is 0 Å². The van der Waals surface area contributed by atoms with Crippen molar-refractivity contribution in [1.29, 1.82) is 0 Å². The largest absolute Gasteiger partial charge is 0.389 e. The summed E-state index contributed by atoms with van der Waals surface area (Å²) in [4.78, 5) is 2.23. The molecule has 1 atom stereocenters. The maximum Gasteiger partial charge on any atom is 0.389 e. The van der Waals surface area contributed by atoms with Crippen molar-refractivity contribution >= 4 is 12.4 Å². The molecule has 0 amide bonds. The Morgan fingerprint density at radius 2 is 1.32 bits per heavy atom. The molecule has 1 heterocycles. The molecule has 0 bridgehead atoms. The van der Waals surface area contributed by atoms with Gasteiger partial charge in [-0.05, 0) is 74.4 Å². The molecule has 2 nitrogen and oxygen atoms in total. The SMILES string of the molecule is Cc1c(C)c(C)c([C@H](CCC(F)(F)F)N2CCNCC2)c(C)c1C.Cl. The maximum atomic E-state index is 12.9. The fraction of sp³-hybridized carbons (Fsp3) is 0.684. The Balaban J connectivity index is 0.00000312. The number of hydrogen-bond donors (Lipinski definition) is 1. The highest BCUT2D eigenvalue weighted by Crippen LogP contribution is 2.38. The molecule has 1 aromatic carbocycles. The van der Waals surface area contributed by atoms with Crippen LogP contribution in [0.2, 0.25) is 0 Å². The summed E-state index contributed by atoms with van der Waals surface area (Å²) in [6.45, 7) is 13.7. The first kappa shape index (κ1) is 22.3. The van der Waals surface area contributed by atoms with Crippen LogP contribution in [0.4, 0.5) is 13.2 Å². The number of hydrogen-bond acceptors (Lipinski definition) is 2. The lowest BCUT2D eigenvalue weighted by molar-refractivity contribution is -0.138. The zero-order valence-corrected chi connectivity index (χ0v) is 16.6. The van der Waals surface area contributed by atoms with E-state index in [9.17, 15) is 13.2 Å². The number of rotatable bonds is 4. The van der Waals surface area contributed by atoms with Crippen LogP contribution in [0.25, 0.3) is 0 Å². The standard InChI is InChI=1S/C19H29F3N2.ClH/c1-12-13(2)15(4)18(16(5)14(12)3)17(6-7-19(20,21)22)24-10-8-23-9-11-24;/h17,23H,6-11H2,1-5H3;1H/t17-;/m0./s1. The van der Waals surface area contributed by atoms with Gasteiger partial charge in [0.05, 0.1) is 0 Å². The quantitative estimate of drug-likeness (QED) is 0.798. The van der Waals surface area contributed by atoms with Crippen LogP contribution in [-0.4, -0.2) is 37.3 Å². The van der Waals surface area contributed by atoms with E-state index in [0.717, 1.165) is 42.9 Å². The van der Waals surface area contributed by atoms with Gasteiger partial charge in [-0.2, -0.15) is 13.2 Å². The average molecular weight is 379 g/mol. The number of nitrogens with zero attached hydrogens (tertiary/aromatic N) is 1. The minimum absolute atomic E-state index is 0. The van der Waals surface area contributed by atoms with E-state index in [-0.39, 0.29) is 24.9 Å². The van der Waals surface area contributed by atoms with Crippen LogP contribution >= 0.6 is 12.4 Å². The van der Waals surface area contributed by atoms with E-state index in [4.69, 9.17) is 0 Å². The molecule has 1 aliphatic rings. The number of nitrogens with one attached hydrogen (secondary N) is 1. The lowest BCUT2D eigenvalue weighted by Crippen LogP contribution is -2.45. The summed E-state index contributed by atoms with van der Waals surface area (Å²) in [6.07, 6.45) is -4.71. The van der Waals surface area contributed by atoms with Crippen LogP contribution in [0, 0.1) is 34.6 Å². The van der Waals surface area contributed by atoms with Gasteiger partial charge in [0.15, 0.2) is 0 Å². The highest BCUT2D eigenvalue weighted by molar-refractivity contribution is 5.85. The van der Waals surface area contributed by atoms with Crippen LogP contribution in [0.3, 0.4) is 0 Å². The van der Waals surface area contributed by atoms with E-state index in [1.165, 1.54) is 16.7 Å². The molecule has 0 aromatic heterocycles. The molecule has 0 aliphatic carbocycles. The Labute approximate surface area is 155 Å². The fourth-order valence-corrected chi connectivity index (χ4v) is 3.83. The molecule has 1 aromatic rings. The number of piperazine rings is 1. The minimum Gasteiger partial charge on any atom is -0.314 e. The fourth-order valence-electron chi connectivity index (χ4n) is 3.83. The third-order valence-corrected chi connectivity index (χ3v) is 5.68. The predicted molar refractivity (Wildman–Crippen MR) is 99.8 cm³/mol. The first-order valence-corrected chi connectivity index (χ1v) is 8.72. The molecular weight excluding hydrogens is 349 g/mol. The highest BCUT2D eigenvalue weighted by Gasteiger charge is 2.33. The molecule has 6 heteroatoms. The molecule has 2 rings (SSSR count). The lowest BCUT2D eigenvalue weighted by Gasteiger charge is -2.38. The van der Waals surface area contributed by atoms with Gasteiger partial charge in [0.2, 0.25) is 0 Å². The molecule has 0 radical (unpaired) electrons. The van der Waals surface area contributed by atoms with E-state index in [1.807, 2.05) is 0 Å². The second-order valence-electron chi connectivity index (χ2n) is 6.99. The van der Waals surface area contributed by atoms with Crippen molar-refractivity contribution in [3.63, 3.8) is 0 Å². The summed E-state index contributed by atoms with van der Waals surface area (Å²) in [7, 11) is 0. The smallest absolute Gasteiger partial charge is 0.314 e. The Hall–Kier alpha value is -0.780. The summed E-state index contributed by atoms with van der Waals surface area (Å²) in [5, 5.41) is 3.29. The van der Waals surface area contributed by atoms with Gasteiger partial charge in [-0.15, -0.1) is 12.4 Å². The summed E-state index contributed by atoms with van der Waals surface area (Å²) < 4.78 is 38.7. The van der Waals surface area contributed by atoms with Crippen LogP contribution in [0.1, 0.15) is 52.3 Å². The Kier molecular flexibility index (Phi) is 7.78. The molecule has 1 N–H and O–H groups in total. The Bertz CT molecular complexity index is 564. The van der Waals surface area contributed by atoms with Crippen LogP contribution in [-0.2, 0) is 0 Å². The van der Waals surface area contributed by atoms with E-state index in [2.05, 4.69) is 44.8 Å². The van der Waals surface area contributed by atoms with E-state index >= 15 is 0 Å². The zero-order valence-electron chi connectivity index (χ0n) is 15.8. The van der Waals surface area contributed by atoms with Crippen molar-refractivity contribution in [3.05, 3.63) is 33.4 Å². The van der Waals surface area contributed by atoms with Gasteiger partial charge in [0.25, 0.3) is 0 Å². The summed E-state index contributed by atoms with van der Waals surface area (Å²) in [5.74, 6) is 0. The van der Waals surface area contributed by atoms with Crippen molar-refractivity contribution in [2.45, 2.75) is 59.7 Å². The van der Waals surface area contributed by atoms with Gasteiger partial charge in [0, 0.05) is 38.6 Å². The van der Waals surface area contributed by atoms with Gasteiger partial charge in [-0.3, -0.25) is 4.90 Å². The third kappa shape index (κ3) is 5.11. The predicted octanol–water partition coefficient (Wildman–Crippen LogP) is 4.94. The minimum atomic E-state index is -4.11. The first-order chi connectivity index (χ1) is 11.1. The van der Waals surface area contributed by atoms with Crippen LogP contribution in [0.5, 0.6) is 0 Å². The topological polar surface area (TPSA) is 15.3 Å². The average Bonchev–Trinajstić information content (AvgIpc) is 2.54. The molecule has 0 spiro atoms.